The molecule has 0 radical (unpaired) electrons. The van der Waals surface area contributed by atoms with E-state index in [0.29, 0.717) is 12.6 Å². The molecule has 1 heterocycles. The molecule has 0 bridgehead atoms. The van der Waals surface area contributed by atoms with Gasteiger partial charge in [-0.2, -0.15) is 0 Å². The van der Waals surface area contributed by atoms with Crippen molar-refractivity contribution in [2.75, 3.05) is 6.54 Å². The topological polar surface area (TPSA) is 40.5 Å². The Morgan fingerprint density at radius 3 is 2.84 bits per heavy atom. The number of carbonyl (C=O) groups is 1. The molecule has 4 heteroatoms. The van der Waals surface area contributed by atoms with Gasteiger partial charge in [0, 0.05) is 12.6 Å². The SMILES string of the molecule is CC1CCN(Cc2ccc(F)c(C(=O)O)c2)C(C)C1. The molecule has 0 aromatic heterocycles. The lowest BCUT2D eigenvalue weighted by atomic mass is 9.93. The largest absolute Gasteiger partial charge is 0.478 e. The molecule has 1 N–H and O–H groups in total. The molecule has 2 unspecified atom stereocenters. The summed E-state index contributed by atoms with van der Waals surface area (Å²) in [6, 6.07) is 4.85. The second-order valence-corrected chi connectivity index (χ2v) is 5.57. The van der Waals surface area contributed by atoms with Crippen LogP contribution in [0.2, 0.25) is 0 Å². The average Bonchev–Trinajstić information content (AvgIpc) is 2.34. The molecule has 2 rings (SSSR count). The van der Waals surface area contributed by atoms with Gasteiger partial charge in [-0.25, -0.2) is 9.18 Å². The molecule has 1 aliphatic heterocycles. The van der Waals surface area contributed by atoms with Crippen LogP contribution in [0.3, 0.4) is 0 Å². The molecule has 1 aromatic rings. The predicted octanol–water partition coefficient (Wildman–Crippen LogP) is 3.14. The van der Waals surface area contributed by atoms with Gasteiger partial charge in [-0.15, -0.1) is 0 Å². The standard InChI is InChI=1S/C15H20FNO2/c1-10-5-6-17(11(2)7-10)9-12-3-4-14(16)13(8-12)15(18)19/h3-4,8,10-11H,5-7,9H2,1-2H3,(H,18,19). The number of carboxylic acids is 1. The summed E-state index contributed by atoms with van der Waals surface area (Å²) in [5.74, 6) is -1.13. The Kier molecular flexibility index (Phi) is 4.20. The zero-order valence-corrected chi connectivity index (χ0v) is 11.4. The quantitative estimate of drug-likeness (QED) is 0.912. The molecule has 104 valence electrons. The fourth-order valence-corrected chi connectivity index (χ4v) is 2.76. The van der Waals surface area contributed by atoms with Crippen molar-refractivity contribution in [3.8, 4) is 0 Å². The van der Waals surface area contributed by atoms with Gasteiger partial charge in [0.15, 0.2) is 0 Å². The third-order valence-corrected chi connectivity index (χ3v) is 3.92. The fourth-order valence-electron chi connectivity index (χ4n) is 2.76. The van der Waals surface area contributed by atoms with Crippen molar-refractivity contribution in [1.29, 1.82) is 0 Å². The number of piperidine rings is 1. The van der Waals surface area contributed by atoms with Crippen molar-refractivity contribution in [3.05, 3.63) is 35.1 Å². The van der Waals surface area contributed by atoms with Gasteiger partial charge in [-0.3, -0.25) is 4.90 Å². The number of nitrogens with zero attached hydrogens (tertiary/aromatic N) is 1. The third-order valence-electron chi connectivity index (χ3n) is 3.92. The lowest BCUT2D eigenvalue weighted by Gasteiger charge is -2.36. The minimum Gasteiger partial charge on any atom is -0.478 e. The molecule has 1 saturated heterocycles. The Balaban J connectivity index is 2.11. The maximum absolute atomic E-state index is 13.3. The summed E-state index contributed by atoms with van der Waals surface area (Å²) in [7, 11) is 0. The molecule has 2 atom stereocenters. The molecule has 0 aliphatic carbocycles. The summed E-state index contributed by atoms with van der Waals surface area (Å²) in [4.78, 5) is 13.3. The lowest BCUT2D eigenvalue weighted by molar-refractivity contribution is 0.0691. The smallest absolute Gasteiger partial charge is 0.338 e. The van der Waals surface area contributed by atoms with Gasteiger partial charge in [0.05, 0.1) is 5.56 Å². The minimum absolute atomic E-state index is 0.240. The molecule has 19 heavy (non-hydrogen) atoms. The zero-order valence-electron chi connectivity index (χ0n) is 11.4. The van der Waals surface area contributed by atoms with Crippen LogP contribution in [0.15, 0.2) is 18.2 Å². The first kappa shape index (κ1) is 14.0. The maximum Gasteiger partial charge on any atom is 0.338 e. The fraction of sp³-hybridized carbons (Fsp3) is 0.533. The molecular weight excluding hydrogens is 245 g/mol. The van der Waals surface area contributed by atoms with Crippen LogP contribution >= 0.6 is 0 Å². The Labute approximate surface area is 113 Å². The third kappa shape index (κ3) is 3.32. The van der Waals surface area contributed by atoms with Crippen LogP contribution in [-0.4, -0.2) is 28.6 Å². The Bertz CT molecular complexity index is 475. The van der Waals surface area contributed by atoms with E-state index in [1.807, 2.05) is 0 Å². The van der Waals surface area contributed by atoms with Crippen molar-refractivity contribution < 1.29 is 14.3 Å². The molecule has 1 aliphatic rings. The van der Waals surface area contributed by atoms with Crippen LogP contribution in [0.25, 0.3) is 0 Å². The minimum atomic E-state index is -1.21. The van der Waals surface area contributed by atoms with E-state index in [2.05, 4.69) is 18.7 Å². The molecular formula is C15H20FNO2. The van der Waals surface area contributed by atoms with E-state index in [-0.39, 0.29) is 5.56 Å². The monoisotopic (exact) mass is 265 g/mol. The first-order valence-electron chi connectivity index (χ1n) is 6.73. The number of halogens is 1. The summed E-state index contributed by atoms with van der Waals surface area (Å²) in [5.41, 5.74) is 0.621. The van der Waals surface area contributed by atoms with Crippen LogP contribution in [0.1, 0.15) is 42.6 Å². The Morgan fingerprint density at radius 2 is 2.21 bits per heavy atom. The second-order valence-electron chi connectivity index (χ2n) is 5.57. The lowest BCUT2D eigenvalue weighted by Crippen LogP contribution is -2.39. The van der Waals surface area contributed by atoms with E-state index < -0.39 is 11.8 Å². The number of rotatable bonds is 3. The zero-order chi connectivity index (χ0) is 14.0. The number of benzene rings is 1. The van der Waals surface area contributed by atoms with E-state index >= 15 is 0 Å². The summed E-state index contributed by atoms with van der Waals surface area (Å²) < 4.78 is 13.3. The summed E-state index contributed by atoms with van der Waals surface area (Å²) >= 11 is 0. The second kappa shape index (κ2) is 5.70. The molecule has 3 nitrogen and oxygen atoms in total. The first-order chi connectivity index (χ1) is 8.97. The maximum atomic E-state index is 13.3. The highest BCUT2D eigenvalue weighted by atomic mass is 19.1. The van der Waals surface area contributed by atoms with Crippen molar-refractivity contribution in [2.45, 2.75) is 39.3 Å². The summed E-state index contributed by atoms with van der Waals surface area (Å²) in [6.07, 6.45) is 2.32. The molecule has 1 fully saturated rings. The average molecular weight is 265 g/mol. The van der Waals surface area contributed by atoms with Crippen LogP contribution in [0.4, 0.5) is 4.39 Å². The van der Waals surface area contributed by atoms with Crippen LogP contribution < -0.4 is 0 Å². The number of likely N-dealkylation sites (tertiary alicyclic amines) is 1. The van der Waals surface area contributed by atoms with E-state index in [4.69, 9.17) is 5.11 Å². The molecule has 0 saturated carbocycles. The van der Waals surface area contributed by atoms with Gasteiger partial charge >= 0.3 is 5.97 Å². The Hall–Kier alpha value is -1.42. The van der Waals surface area contributed by atoms with E-state index in [1.165, 1.54) is 12.1 Å². The summed E-state index contributed by atoms with van der Waals surface area (Å²) in [5, 5.41) is 8.93. The highest BCUT2D eigenvalue weighted by Gasteiger charge is 2.23. The highest BCUT2D eigenvalue weighted by molar-refractivity contribution is 5.88. The van der Waals surface area contributed by atoms with Crippen molar-refractivity contribution in [3.63, 3.8) is 0 Å². The van der Waals surface area contributed by atoms with Crippen LogP contribution in [0.5, 0.6) is 0 Å². The van der Waals surface area contributed by atoms with Crippen molar-refractivity contribution >= 4 is 5.97 Å². The number of carboxylic acid groups (broad SMARTS) is 1. The molecule has 1 aromatic carbocycles. The van der Waals surface area contributed by atoms with Gasteiger partial charge in [0.2, 0.25) is 0 Å². The van der Waals surface area contributed by atoms with Crippen LogP contribution in [-0.2, 0) is 6.54 Å². The van der Waals surface area contributed by atoms with Crippen molar-refractivity contribution in [1.82, 2.24) is 4.90 Å². The number of hydrogen-bond donors (Lipinski definition) is 1. The van der Waals surface area contributed by atoms with Crippen molar-refractivity contribution in [2.24, 2.45) is 5.92 Å². The van der Waals surface area contributed by atoms with E-state index in [1.54, 1.807) is 6.07 Å². The predicted molar refractivity (Wildman–Crippen MR) is 71.6 cm³/mol. The van der Waals surface area contributed by atoms with Gasteiger partial charge in [0.25, 0.3) is 0 Å². The first-order valence-corrected chi connectivity index (χ1v) is 6.73. The summed E-state index contributed by atoms with van der Waals surface area (Å²) in [6.45, 7) is 6.15. The van der Waals surface area contributed by atoms with Crippen LogP contribution in [0, 0.1) is 11.7 Å². The number of aromatic carboxylic acids is 1. The molecule has 0 amide bonds. The normalized spacial score (nSPS) is 24.4. The van der Waals surface area contributed by atoms with Gasteiger partial charge in [0.1, 0.15) is 5.82 Å². The Morgan fingerprint density at radius 1 is 1.47 bits per heavy atom. The highest BCUT2D eigenvalue weighted by Crippen LogP contribution is 2.24. The number of hydrogen-bond acceptors (Lipinski definition) is 2. The van der Waals surface area contributed by atoms with Gasteiger partial charge < -0.3 is 5.11 Å². The molecule has 0 spiro atoms. The van der Waals surface area contributed by atoms with E-state index in [9.17, 15) is 9.18 Å². The van der Waals surface area contributed by atoms with E-state index in [0.717, 1.165) is 30.9 Å². The van der Waals surface area contributed by atoms with Gasteiger partial charge in [-0.1, -0.05) is 13.0 Å². The van der Waals surface area contributed by atoms with Gasteiger partial charge in [-0.05, 0) is 49.9 Å².